The standard InChI is InChI=1S/C60H35N5O/c1-61-40-26-30-55-47(36-40)46-34-39(25-29-54(46)65(55)42-15-6-3-7-16-42)43-18-10-19-51-59(43)66-56-35-38(23-27-48(56)60(51)49-20-11-31-62-57(49)58-50(60)21-12-32-63-58)37-24-28-53-45(33-37)44-17-8-9-22-52(44)64(53)41-13-4-2-5-14-41/h2-36H. The maximum Gasteiger partial charge on any atom is 0.188 e. The fourth-order valence-corrected chi connectivity index (χ4v) is 11.2. The van der Waals surface area contributed by atoms with Gasteiger partial charge >= 0.3 is 0 Å². The monoisotopic (exact) mass is 841 g/mol. The van der Waals surface area contributed by atoms with E-state index >= 15 is 0 Å². The summed E-state index contributed by atoms with van der Waals surface area (Å²) in [6.45, 7) is 7.88. The van der Waals surface area contributed by atoms with Gasteiger partial charge < -0.3 is 13.9 Å². The summed E-state index contributed by atoms with van der Waals surface area (Å²) in [6, 6.07) is 70.9. The van der Waals surface area contributed by atoms with E-state index in [-0.39, 0.29) is 0 Å². The molecule has 0 fully saturated rings. The van der Waals surface area contributed by atoms with Crippen LogP contribution in [-0.4, -0.2) is 19.1 Å². The minimum absolute atomic E-state index is 0.608. The Balaban J connectivity index is 1.00. The highest BCUT2D eigenvalue weighted by atomic mass is 16.5. The van der Waals surface area contributed by atoms with Crippen LogP contribution in [0.5, 0.6) is 11.5 Å². The van der Waals surface area contributed by atoms with Crippen LogP contribution in [0.4, 0.5) is 5.69 Å². The molecule has 14 rings (SSSR count). The van der Waals surface area contributed by atoms with Gasteiger partial charge in [0.1, 0.15) is 11.5 Å². The summed E-state index contributed by atoms with van der Waals surface area (Å²) in [6.07, 6.45) is 3.73. The van der Waals surface area contributed by atoms with Crippen molar-refractivity contribution in [2.75, 3.05) is 0 Å². The number of hydrogen-bond acceptors (Lipinski definition) is 3. The van der Waals surface area contributed by atoms with Gasteiger partial charge in [-0.15, -0.1) is 0 Å². The van der Waals surface area contributed by atoms with Crippen LogP contribution >= 0.6 is 0 Å². The lowest BCUT2D eigenvalue weighted by Crippen LogP contribution is -2.32. The quantitative estimate of drug-likeness (QED) is 0.166. The van der Waals surface area contributed by atoms with E-state index < -0.39 is 5.41 Å². The molecule has 0 saturated carbocycles. The number of hydrogen-bond donors (Lipinski definition) is 0. The summed E-state index contributed by atoms with van der Waals surface area (Å²) >= 11 is 0. The molecule has 0 atom stereocenters. The topological polar surface area (TPSA) is 49.2 Å². The minimum Gasteiger partial charge on any atom is -0.456 e. The molecule has 0 unspecified atom stereocenters. The van der Waals surface area contributed by atoms with Gasteiger partial charge in [0.2, 0.25) is 0 Å². The molecule has 0 saturated heterocycles. The van der Waals surface area contributed by atoms with Gasteiger partial charge in [-0.3, -0.25) is 9.97 Å². The number of nitrogens with zero attached hydrogens (tertiary/aromatic N) is 5. The third kappa shape index (κ3) is 4.94. The Morgan fingerprint density at radius 2 is 0.970 bits per heavy atom. The summed E-state index contributed by atoms with van der Waals surface area (Å²) < 4.78 is 12.0. The van der Waals surface area contributed by atoms with Crippen LogP contribution in [0.15, 0.2) is 213 Å². The molecule has 0 amide bonds. The highest BCUT2D eigenvalue weighted by molar-refractivity contribution is 6.12. The second-order valence-corrected chi connectivity index (χ2v) is 17.2. The highest BCUT2D eigenvalue weighted by Gasteiger charge is 2.53. The van der Waals surface area contributed by atoms with Crippen molar-refractivity contribution >= 4 is 49.3 Å². The Hall–Kier alpha value is -9.05. The van der Waals surface area contributed by atoms with Crippen LogP contribution in [0.2, 0.25) is 0 Å². The molecule has 6 heteroatoms. The summed E-state index contributed by atoms with van der Waals surface area (Å²) in [5.74, 6) is 1.58. The molecule has 0 bridgehead atoms. The van der Waals surface area contributed by atoms with Gasteiger partial charge in [0.25, 0.3) is 0 Å². The second kappa shape index (κ2) is 13.7. The number of para-hydroxylation sites is 4. The van der Waals surface area contributed by atoms with Crippen molar-refractivity contribution in [2.45, 2.75) is 5.41 Å². The van der Waals surface area contributed by atoms with Crippen molar-refractivity contribution in [1.82, 2.24) is 19.1 Å². The summed E-state index contributed by atoms with van der Waals surface area (Å²) in [5, 5.41) is 4.49. The van der Waals surface area contributed by atoms with Crippen LogP contribution < -0.4 is 4.74 Å². The van der Waals surface area contributed by atoms with Crippen LogP contribution in [0.25, 0.3) is 93.5 Å². The molecule has 66 heavy (non-hydrogen) atoms. The first-order chi connectivity index (χ1) is 32.7. The fourth-order valence-electron chi connectivity index (χ4n) is 11.2. The van der Waals surface area contributed by atoms with E-state index in [2.05, 4.69) is 184 Å². The third-order valence-electron chi connectivity index (χ3n) is 13.9. The molecule has 0 radical (unpaired) electrons. The van der Waals surface area contributed by atoms with E-state index in [4.69, 9.17) is 21.3 Å². The van der Waals surface area contributed by atoms with Crippen LogP contribution in [0.3, 0.4) is 0 Å². The maximum atomic E-state index is 7.88. The Bertz CT molecular complexity index is 4000. The molecule has 2 aliphatic rings. The largest absolute Gasteiger partial charge is 0.456 e. The van der Waals surface area contributed by atoms with Crippen molar-refractivity contribution in [1.29, 1.82) is 0 Å². The summed E-state index contributed by atoms with van der Waals surface area (Å²) in [4.78, 5) is 13.8. The van der Waals surface area contributed by atoms with Gasteiger partial charge in [-0.2, -0.15) is 0 Å². The highest BCUT2D eigenvalue weighted by Crippen LogP contribution is 2.63. The van der Waals surface area contributed by atoms with E-state index in [0.29, 0.717) is 5.69 Å². The lowest BCUT2D eigenvalue weighted by Gasteiger charge is -2.39. The third-order valence-corrected chi connectivity index (χ3v) is 13.9. The van der Waals surface area contributed by atoms with Crippen molar-refractivity contribution in [3.05, 3.63) is 246 Å². The number of fused-ring (bicyclic) bond motifs is 15. The van der Waals surface area contributed by atoms with Crippen molar-refractivity contribution in [3.8, 4) is 56.5 Å². The van der Waals surface area contributed by atoms with E-state index in [1.54, 1.807) is 0 Å². The first-order valence-electron chi connectivity index (χ1n) is 22.2. The Labute approximate surface area is 379 Å². The molecule has 306 valence electrons. The number of ether oxygens (including phenoxy) is 1. The number of pyridine rings is 2. The molecular formula is C60H35N5O. The van der Waals surface area contributed by atoms with E-state index in [0.717, 1.165) is 106 Å². The Morgan fingerprint density at radius 1 is 0.424 bits per heavy atom. The zero-order chi connectivity index (χ0) is 43.5. The average Bonchev–Trinajstić information content (AvgIpc) is 4.00. The van der Waals surface area contributed by atoms with Crippen molar-refractivity contribution < 1.29 is 4.74 Å². The van der Waals surface area contributed by atoms with Crippen LogP contribution in [0, 0.1) is 6.57 Å². The summed E-state index contributed by atoms with van der Waals surface area (Å²) in [7, 11) is 0. The Kier molecular flexibility index (Phi) is 7.58. The molecule has 8 aromatic carbocycles. The van der Waals surface area contributed by atoms with Gasteiger partial charge in [-0.05, 0) is 118 Å². The predicted molar refractivity (Wildman–Crippen MR) is 265 cm³/mol. The first-order valence-corrected chi connectivity index (χ1v) is 22.2. The molecule has 12 aromatic rings. The minimum atomic E-state index is -0.754. The molecule has 1 aliphatic heterocycles. The molecule has 5 heterocycles. The van der Waals surface area contributed by atoms with E-state index in [9.17, 15) is 0 Å². The molecule has 4 aromatic heterocycles. The van der Waals surface area contributed by atoms with Crippen molar-refractivity contribution in [2.24, 2.45) is 0 Å². The van der Waals surface area contributed by atoms with Gasteiger partial charge in [-0.25, -0.2) is 4.85 Å². The smallest absolute Gasteiger partial charge is 0.188 e. The lowest BCUT2D eigenvalue weighted by molar-refractivity contribution is 0.438. The molecular weight excluding hydrogens is 807 g/mol. The fraction of sp³-hybridized carbons (Fsp3) is 0.0167. The normalized spacial score (nSPS) is 13.1. The number of aromatic nitrogens is 4. The number of benzene rings is 8. The van der Waals surface area contributed by atoms with Crippen molar-refractivity contribution in [3.63, 3.8) is 0 Å². The van der Waals surface area contributed by atoms with Gasteiger partial charge in [0, 0.05) is 56.6 Å². The van der Waals surface area contributed by atoms with Gasteiger partial charge in [0.05, 0.1) is 45.4 Å². The maximum absolute atomic E-state index is 7.88. The zero-order valence-corrected chi connectivity index (χ0v) is 35.4. The lowest BCUT2D eigenvalue weighted by atomic mass is 9.65. The molecule has 1 aliphatic carbocycles. The van der Waals surface area contributed by atoms with Gasteiger partial charge in [0.15, 0.2) is 5.69 Å². The SMILES string of the molecule is [C-]#[N+]c1ccc2c(c1)c1cc(-c3cccc4c3Oc3cc(-c5ccc6c(c5)c5ccccc5n6-c5ccccc5)ccc3C43c4cccnc4-c4ncccc43)ccc1n2-c1ccccc1. The van der Waals surface area contributed by atoms with E-state index in [1.165, 1.54) is 16.3 Å². The first kappa shape index (κ1) is 36.4. The molecule has 6 nitrogen and oxygen atoms in total. The van der Waals surface area contributed by atoms with Crippen LogP contribution in [0.1, 0.15) is 22.3 Å². The zero-order valence-electron chi connectivity index (χ0n) is 35.4. The van der Waals surface area contributed by atoms with E-state index in [1.807, 2.05) is 42.7 Å². The Morgan fingerprint density at radius 3 is 1.67 bits per heavy atom. The average molecular weight is 842 g/mol. The number of rotatable bonds is 4. The predicted octanol–water partition coefficient (Wildman–Crippen LogP) is 15.0. The summed E-state index contributed by atoms with van der Waals surface area (Å²) in [5.41, 5.74) is 16.7. The molecule has 0 N–H and O–H groups in total. The van der Waals surface area contributed by atoms with Gasteiger partial charge in [-0.1, -0.05) is 115 Å². The molecule has 1 spiro atoms. The second-order valence-electron chi connectivity index (χ2n) is 17.2. The van der Waals surface area contributed by atoms with Crippen LogP contribution in [-0.2, 0) is 5.41 Å².